The van der Waals surface area contributed by atoms with Crippen LogP contribution in [0.5, 0.6) is 0 Å². The van der Waals surface area contributed by atoms with Gasteiger partial charge in [0.25, 0.3) is 5.91 Å². The van der Waals surface area contributed by atoms with Gasteiger partial charge in [-0.05, 0) is 32.8 Å². The largest absolute Gasteiger partial charge is 0.388 e. The lowest BCUT2D eigenvalue weighted by Crippen LogP contribution is -2.44. The normalized spacial score (nSPS) is 18.7. The predicted molar refractivity (Wildman–Crippen MR) is 104 cm³/mol. The molecule has 1 aliphatic carbocycles. The number of H-pyrrole nitrogens is 1. The molecule has 8 heteroatoms. The standard InChI is InChI=1S/C20H24N6O2/c1-3-26-17(11-27)23-25-19(26)14-8-15(9-14)22-20(28)16-10-21-24-18(16)13-6-4-5-12(2)7-13/h4-7,10,14-15,27H,3,8-9,11H2,1-2H3,(H,21,24)(H,22,28). The highest BCUT2D eigenvalue weighted by atomic mass is 16.3. The first-order valence-corrected chi connectivity index (χ1v) is 9.54. The summed E-state index contributed by atoms with van der Waals surface area (Å²) in [5, 5.41) is 27.7. The summed E-state index contributed by atoms with van der Waals surface area (Å²) in [6, 6.07) is 8.07. The van der Waals surface area contributed by atoms with Gasteiger partial charge in [0.2, 0.25) is 0 Å². The molecule has 28 heavy (non-hydrogen) atoms. The number of hydrogen-bond acceptors (Lipinski definition) is 5. The molecule has 1 amide bonds. The average molecular weight is 380 g/mol. The van der Waals surface area contributed by atoms with Crippen LogP contribution in [-0.4, -0.2) is 42.0 Å². The Balaban J connectivity index is 1.42. The van der Waals surface area contributed by atoms with Crippen molar-refractivity contribution in [3.8, 4) is 11.3 Å². The summed E-state index contributed by atoms with van der Waals surface area (Å²) in [6.07, 6.45) is 3.20. The van der Waals surface area contributed by atoms with Gasteiger partial charge in [-0.25, -0.2) is 0 Å². The number of nitrogens with one attached hydrogen (secondary N) is 2. The molecule has 3 aromatic rings. The second-order valence-corrected chi connectivity index (χ2v) is 7.24. The lowest BCUT2D eigenvalue weighted by atomic mass is 9.79. The summed E-state index contributed by atoms with van der Waals surface area (Å²) in [4.78, 5) is 12.8. The summed E-state index contributed by atoms with van der Waals surface area (Å²) in [7, 11) is 0. The number of aliphatic hydroxyl groups excluding tert-OH is 1. The highest BCUT2D eigenvalue weighted by Gasteiger charge is 2.35. The Morgan fingerprint density at radius 2 is 2.18 bits per heavy atom. The molecular weight excluding hydrogens is 356 g/mol. The van der Waals surface area contributed by atoms with Crippen molar-refractivity contribution in [2.45, 2.75) is 51.8 Å². The van der Waals surface area contributed by atoms with Crippen molar-refractivity contribution in [1.82, 2.24) is 30.3 Å². The van der Waals surface area contributed by atoms with E-state index in [0.29, 0.717) is 11.4 Å². The van der Waals surface area contributed by atoms with Gasteiger partial charge in [0.15, 0.2) is 5.82 Å². The molecule has 1 saturated carbocycles. The SMILES string of the molecule is CCn1c(CO)nnc1C1CC(NC(=O)c2cn[nH]c2-c2cccc(C)c2)C1. The molecule has 3 N–H and O–H groups in total. The topological polar surface area (TPSA) is 109 Å². The lowest BCUT2D eigenvalue weighted by molar-refractivity contribution is 0.0907. The van der Waals surface area contributed by atoms with Crippen LogP contribution in [0.4, 0.5) is 0 Å². The van der Waals surface area contributed by atoms with Crippen molar-refractivity contribution in [2.75, 3.05) is 0 Å². The second-order valence-electron chi connectivity index (χ2n) is 7.24. The van der Waals surface area contributed by atoms with E-state index in [1.807, 2.05) is 42.7 Å². The maximum Gasteiger partial charge on any atom is 0.255 e. The predicted octanol–water partition coefficient (Wildman–Crippen LogP) is 2.16. The maximum atomic E-state index is 12.8. The summed E-state index contributed by atoms with van der Waals surface area (Å²) in [5.74, 6) is 1.60. The quantitative estimate of drug-likeness (QED) is 0.607. The molecule has 146 valence electrons. The fraction of sp³-hybridized carbons (Fsp3) is 0.400. The van der Waals surface area contributed by atoms with Gasteiger partial charge in [0.05, 0.1) is 17.5 Å². The number of carbonyl (C=O) groups excluding carboxylic acids is 1. The van der Waals surface area contributed by atoms with E-state index >= 15 is 0 Å². The van der Waals surface area contributed by atoms with E-state index in [1.54, 1.807) is 6.20 Å². The number of aromatic nitrogens is 5. The van der Waals surface area contributed by atoms with Crippen molar-refractivity contribution >= 4 is 5.91 Å². The van der Waals surface area contributed by atoms with Crippen LogP contribution in [-0.2, 0) is 13.2 Å². The zero-order valence-electron chi connectivity index (χ0n) is 16.0. The zero-order valence-corrected chi connectivity index (χ0v) is 16.0. The van der Waals surface area contributed by atoms with Gasteiger partial charge in [-0.15, -0.1) is 10.2 Å². The molecule has 8 nitrogen and oxygen atoms in total. The number of benzene rings is 1. The fourth-order valence-corrected chi connectivity index (χ4v) is 3.80. The number of rotatable bonds is 6. The van der Waals surface area contributed by atoms with E-state index in [1.165, 1.54) is 0 Å². The Morgan fingerprint density at radius 3 is 2.89 bits per heavy atom. The van der Waals surface area contributed by atoms with Gasteiger partial charge < -0.3 is 15.0 Å². The zero-order chi connectivity index (χ0) is 19.7. The maximum absolute atomic E-state index is 12.8. The second kappa shape index (κ2) is 7.55. The Kier molecular flexibility index (Phi) is 4.95. The van der Waals surface area contributed by atoms with Crippen LogP contribution >= 0.6 is 0 Å². The number of hydrogen-bond donors (Lipinski definition) is 3. The Hall–Kier alpha value is -3.00. The van der Waals surface area contributed by atoms with Crippen LogP contribution in [0.1, 0.15) is 53.3 Å². The molecule has 1 aromatic carbocycles. The minimum atomic E-state index is -0.123. The molecule has 2 heterocycles. The molecule has 0 saturated heterocycles. The molecule has 0 atom stereocenters. The molecule has 1 aliphatic rings. The van der Waals surface area contributed by atoms with Gasteiger partial charge in [0.1, 0.15) is 12.4 Å². The number of nitrogens with zero attached hydrogens (tertiary/aromatic N) is 4. The molecular formula is C20H24N6O2. The first-order valence-electron chi connectivity index (χ1n) is 9.54. The van der Waals surface area contributed by atoms with Gasteiger partial charge >= 0.3 is 0 Å². The molecule has 2 aromatic heterocycles. The third-order valence-corrected chi connectivity index (χ3v) is 5.34. The van der Waals surface area contributed by atoms with E-state index in [0.717, 1.165) is 42.0 Å². The van der Waals surface area contributed by atoms with Crippen LogP contribution in [0.2, 0.25) is 0 Å². The van der Waals surface area contributed by atoms with Crippen molar-refractivity contribution in [3.05, 3.63) is 53.2 Å². The van der Waals surface area contributed by atoms with Crippen molar-refractivity contribution in [1.29, 1.82) is 0 Å². The van der Waals surface area contributed by atoms with Crippen LogP contribution in [0.3, 0.4) is 0 Å². The lowest BCUT2D eigenvalue weighted by Gasteiger charge is -2.35. The van der Waals surface area contributed by atoms with E-state index in [4.69, 9.17) is 0 Å². The first kappa shape index (κ1) is 18.4. The number of aryl methyl sites for hydroxylation is 1. The summed E-state index contributed by atoms with van der Waals surface area (Å²) < 4.78 is 1.95. The van der Waals surface area contributed by atoms with Crippen molar-refractivity contribution < 1.29 is 9.90 Å². The molecule has 4 rings (SSSR count). The van der Waals surface area contributed by atoms with E-state index < -0.39 is 0 Å². The summed E-state index contributed by atoms with van der Waals surface area (Å²) in [5.41, 5.74) is 3.35. The third kappa shape index (κ3) is 3.31. The highest BCUT2D eigenvalue weighted by molar-refractivity contribution is 6.00. The van der Waals surface area contributed by atoms with E-state index in [2.05, 4.69) is 25.7 Å². The first-order chi connectivity index (χ1) is 13.6. The summed E-state index contributed by atoms with van der Waals surface area (Å²) >= 11 is 0. The Morgan fingerprint density at radius 1 is 1.36 bits per heavy atom. The van der Waals surface area contributed by atoms with Gasteiger partial charge in [-0.1, -0.05) is 23.8 Å². The van der Waals surface area contributed by atoms with Crippen molar-refractivity contribution in [2.24, 2.45) is 0 Å². The van der Waals surface area contributed by atoms with E-state index in [9.17, 15) is 9.90 Å². The smallest absolute Gasteiger partial charge is 0.255 e. The Bertz CT molecular complexity index is 986. The molecule has 0 bridgehead atoms. The minimum Gasteiger partial charge on any atom is -0.388 e. The average Bonchev–Trinajstić information content (AvgIpc) is 3.30. The number of aromatic amines is 1. The molecule has 0 aliphatic heterocycles. The number of amides is 1. The minimum absolute atomic E-state index is 0.0948. The van der Waals surface area contributed by atoms with Crippen LogP contribution < -0.4 is 5.32 Å². The molecule has 0 unspecified atom stereocenters. The van der Waals surface area contributed by atoms with Crippen molar-refractivity contribution in [3.63, 3.8) is 0 Å². The monoisotopic (exact) mass is 380 g/mol. The molecule has 1 fully saturated rings. The van der Waals surface area contributed by atoms with Crippen LogP contribution in [0, 0.1) is 6.92 Å². The van der Waals surface area contributed by atoms with E-state index in [-0.39, 0.29) is 24.5 Å². The highest BCUT2D eigenvalue weighted by Crippen LogP contribution is 2.36. The molecule has 0 spiro atoms. The Labute approximate surface area is 163 Å². The summed E-state index contributed by atoms with van der Waals surface area (Å²) in [6.45, 7) is 4.64. The van der Waals surface area contributed by atoms with Crippen LogP contribution in [0.25, 0.3) is 11.3 Å². The van der Waals surface area contributed by atoms with Crippen LogP contribution in [0.15, 0.2) is 30.5 Å². The fourth-order valence-electron chi connectivity index (χ4n) is 3.80. The van der Waals surface area contributed by atoms with Gasteiger partial charge in [-0.2, -0.15) is 5.10 Å². The molecule has 0 radical (unpaired) electrons. The van der Waals surface area contributed by atoms with Gasteiger partial charge in [-0.3, -0.25) is 9.89 Å². The number of carbonyl (C=O) groups is 1. The third-order valence-electron chi connectivity index (χ3n) is 5.34. The van der Waals surface area contributed by atoms with Gasteiger partial charge in [0, 0.05) is 24.1 Å². The number of aliphatic hydroxyl groups is 1.